The number of pyridine rings is 1. The third kappa shape index (κ3) is 4.35. The molecule has 4 aromatic rings. The standard InChI is InChI=1S/C22H19ClN6O3S/c23-14-3-1-12(2-4-14)16-10-32-21-18(28-16)22(31)29(11-27-21)9-17(30)26-8-15-7-13-5-6-25-20(24)19(13)33-15/h1-7,11,16,28H,8-10H2,(H2,24,25)(H,26,30)/t16-/m0/s1. The minimum Gasteiger partial charge on any atom is -0.473 e. The van der Waals surface area contributed by atoms with Gasteiger partial charge in [-0.2, -0.15) is 0 Å². The summed E-state index contributed by atoms with van der Waals surface area (Å²) in [4.78, 5) is 34.7. The zero-order valence-electron chi connectivity index (χ0n) is 17.2. The average Bonchev–Trinajstić information content (AvgIpc) is 3.25. The van der Waals surface area contributed by atoms with E-state index in [-0.39, 0.29) is 35.6 Å². The topological polar surface area (TPSA) is 124 Å². The Kier molecular flexibility index (Phi) is 5.61. The molecule has 1 aliphatic heterocycles. The fraction of sp³-hybridized carbons (Fsp3) is 0.182. The second-order valence-corrected chi connectivity index (χ2v) is 9.09. The molecule has 5 rings (SSSR count). The molecule has 1 aliphatic rings. The first-order valence-corrected chi connectivity index (χ1v) is 11.3. The van der Waals surface area contributed by atoms with Gasteiger partial charge < -0.3 is 21.1 Å². The Hall–Kier alpha value is -3.63. The summed E-state index contributed by atoms with van der Waals surface area (Å²) in [7, 11) is 0. The van der Waals surface area contributed by atoms with Crippen LogP contribution in [0.25, 0.3) is 10.1 Å². The highest BCUT2D eigenvalue weighted by Gasteiger charge is 2.25. The first-order valence-electron chi connectivity index (χ1n) is 10.1. The van der Waals surface area contributed by atoms with Gasteiger partial charge in [0.15, 0.2) is 5.69 Å². The molecule has 4 heterocycles. The van der Waals surface area contributed by atoms with Crippen molar-refractivity contribution < 1.29 is 9.53 Å². The zero-order chi connectivity index (χ0) is 22.9. The molecule has 0 bridgehead atoms. The molecule has 1 amide bonds. The Morgan fingerprint density at radius 1 is 1.30 bits per heavy atom. The number of anilines is 2. The van der Waals surface area contributed by atoms with Crippen molar-refractivity contribution >= 4 is 50.4 Å². The number of amides is 1. The Morgan fingerprint density at radius 3 is 2.91 bits per heavy atom. The van der Waals surface area contributed by atoms with E-state index in [0.717, 1.165) is 20.5 Å². The van der Waals surface area contributed by atoms with Crippen LogP contribution in [0, 0.1) is 0 Å². The summed E-state index contributed by atoms with van der Waals surface area (Å²) in [6, 6.07) is 10.9. The van der Waals surface area contributed by atoms with Gasteiger partial charge in [-0.15, -0.1) is 11.3 Å². The summed E-state index contributed by atoms with van der Waals surface area (Å²) in [5.74, 6) is 0.375. The fourth-order valence-corrected chi connectivity index (χ4v) is 4.72. The lowest BCUT2D eigenvalue weighted by Crippen LogP contribution is -2.36. The number of nitrogens with zero attached hydrogens (tertiary/aromatic N) is 3. The van der Waals surface area contributed by atoms with Crippen LogP contribution in [0.1, 0.15) is 16.5 Å². The van der Waals surface area contributed by atoms with Crippen LogP contribution in [-0.4, -0.2) is 27.0 Å². The van der Waals surface area contributed by atoms with Crippen molar-refractivity contribution in [3.63, 3.8) is 0 Å². The van der Waals surface area contributed by atoms with Crippen molar-refractivity contribution in [2.24, 2.45) is 0 Å². The molecule has 1 aromatic carbocycles. The lowest BCUT2D eigenvalue weighted by molar-refractivity contribution is -0.121. The minimum atomic E-state index is -0.380. The quantitative estimate of drug-likeness (QED) is 0.399. The van der Waals surface area contributed by atoms with Gasteiger partial charge in [-0.1, -0.05) is 23.7 Å². The van der Waals surface area contributed by atoms with Crippen LogP contribution in [-0.2, 0) is 17.9 Å². The van der Waals surface area contributed by atoms with E-state index in [0.29, 0.717) is 24.0 Å². The number of rotatable bonds is 5. The maximum atomic E-state index is 13.0. The van der Waals surface area contributed by atoms with Crippen LogP contribution in [0.3, 0.4) is 0 Å². The van der Waals surface area contributed by atoms with E-state index < -0.39 is 0 Å². The summed E-state index contributed by atoms with van der Waals surface area (Å²) < 4.78 is 7.81. The molecular weight excluding hydrogens is 464 g/mol. The Labute approximate surface area is 197 Å². The number of aromatic nitrogens is 3. The van der Waals surface area contributed by atoms with Crippen LogP contribution in [0.4, 0.5) is 11.5 Å². The van der Waals surface area contributed by atoms with Crippen molar-refractivity contribution in [2.75, 3.05) is 17.7 Å². The lowest BCUT2D eigenvalue weighted by atomic mass is 10.1. The molecule has 0 saturated carbocycles. The largest absolute Gasteiger partial charge is 0.473 e. The van der Waals surface area contributed by atoms with Gasteiger partial charge in [-0.25, -0.2) is 9.97 Å². The fourth-order valence-electron chi connectivity index (χ4n) is 3.59. The first-order chi connectivity index (χ1) is 16.0. The van der Waals surface area contributed by atoms with Crippen molar-refractivity contribution in [3.8, 4) is 5.88 Å². The van der Waals surface area contributed by atoms with Crippen molar-refractivity contribution in [2.45, 2.75) is 19.1 Å². The number of thiophene rings is 1. The number of nitrogen functional groups attached to an aromatic ring is 1. The van der Waals surface area contributed by atoms with Gasteiger partial charge in [0.1, 0.15) is 25.3 Å². The molecule has 11 heteroatoms. The molecule has 9 nitrogen and oxygen atoms in total. The van der Waals surface area contributed by atoms with E-state index in [1.807, 2.05) is 24.3 Å². The number of nitrogens with one attached hydrogen (secondary N) is 2. The number of hydrogen-bond donors (Lipinski definition) is 3. The molecule has 0 saturated heterocycles. The van der Waals surface area contributed by atoms with Crippen LogP contribution in [0.2, 0.25) is 5.02 Å². The van der Waals surface area contributed by atoms with E-state index >= 15 is 0 Å². The predicted octanol–water partition coefficient (Wildman–Crippen LogP) is 2.95. The SMILES string of the molecule is Nc1nccc2cc(CNC(=O)Cn3cnc4c(c3=O)N[C@H](c3ccc(Cl)cc3)CO4)sc12. The van der Waals surface area contributed by atoms with Gasteiger partial charge in [-0.3, -0.25) is 14.2 Å². The molecule has 4 N–H and O–H groups in total. The summed E-state index contributed by atoms with van der Waals surface area (Å²) >= 11 is 7.43. The Balaban J connectivity index is 1.27. The Morgan fingerprint density at radius 2 is 2.12 bits per heavy atom. The molecule has 0 fully saturated rings. The van der Waals surface area contributed by atoms with Crippen LogP contribution in [0.15, 0.2) is 53.7 Å². The smallest absolute Gasteiger partial charge is 0.281 e. The predicted molar refractivity (Wildman–Crippen MR) is 128 cm³/mol. The van der Waals surface area contributed by atoms with Crippen molar-refractivity contribution in [1.29, 1.82) is 0 Å². The van der Waals surface area contributed by atoms with Gasteiger partial charge in [0, 0.05) is 16.1 Å². The third-order valence-corrected chi connectivity index (χ3v) is 6.69. The number of benzene rings is 1. The highest BCUT2D eigenvalue weighted by Crippen LogP contribution is 2.30. The van der Waals surface area contributed by atoms with Gasteiger partial charge in [0.25, 0.3) is 5.56 Å². The molecule has 1 atom stereocenters. The van der Waals surface area contributed by atoms with Gasteiger partial charge in [0.05, 0.1) is 17.3 Å². The van der Waals surface area contributed by atoms with Crippen LogP contribution < -0.4 is 26.7 Å². The zero-order valence-corrected chi connectivity index (χ0v) is 18.8. The average molecular weight is 483 g/mol. The van der Waals surface area contributed by atoms with E-state index in [1.54, 1.807) is 18.3 Å². The number of fused-ring (bicyclic) bond motifs is 2. The number of halogens is 1. The highest BCUT2D eigenvalue weighted by molar-refractivity contribution is 7.19. The van der Waals surface area contributed by atoms with Gasteiger partial charge in [-0.05, 0) is 35.2 Å². The lowest BCUT2D eigenvalue weighted by Gasteiger charge is -2.26. The molecule has 3 aromatic heterocycles. The number of hydrogen-bond acceptors (Lipinski definition) is 8. The second kappa shape index (κ2) is 8.72. The second-order valence-electron chi connectivity index (χ2n) is 7.52. The molecule has 33 heavy (non-hydrogen) atoms. The number of ether oxygens (including phenoxy) is 1. The highest BCUT2D eigenvalue weighted by atomic mass is 35.5. The van der Waals surface area contributed by atoms with Gasteiger partial charge in [0.2, 0.25) is 11.8 Å². The number of carbonyl (C=O) groups is 1. The summed E-state index contributed by atoms with van der Waals surface area (Å²) in [5, 5.41) is 7.62. The molecule has 0 aliphatic carbocycles. The van der Waals surface area contributed by atoms with E-state index in [9.17, 15) is 9.59 Å². The van der Waals surface area contributed by atoms with E-state index in [1.165, 1.54) is 22.2 Å². The summed E-state index contributed by atoms with van der Waals surface area (Å²) in [5.41, 5.74) is 6.67. The van der Waals surface area contributed by atoms with Gasteiger partial charge >= 0.3 is 0 Å². The summed E-state index contributed by atoms with van der Waals surface area (Å²) in [6.07, 6.45) is 2.97. The normalized spacial score (nSPS) is 14.9. The molecular formula is C22H19ClN6O3S. The minimum absolute atomic E-state index is 0.166. The number of carbonyl (C=O) groups excluding carboxylic acids is 1. The van der Waals surface area contributed by atoms with Crippen molar-refractivity contribution in [3.05, 3.63) is 74.7 Å². The van der Waals surface area contributed by atoms with Crippen molar-refractivity contribution in [1.82, 2.24) is 19.9 Å². The molecule has 168 valence electrons. The summed E-state index contributed by atoms with van der Waals surface area (Å²) in [6.45, 7) is 0.479. The van der Waals surface area contributed by atoms with E-state index in [2.05, 4.69) is 20.6 Å². The van der Waals surface area contributed by atoms with Crippen LogP contribution in [0.5, 0.6) is 5.88 Å². The third-order valence-electron chi connectivity index (χ3n) is 5.27. The Bertz CT molecular complexity index is 1400. The molecule has 0 unspecified atom stereocenters. The molecule has 0 radical (unpaired) electrons. The maximum Gasteiger partial charge on any atom is 0.281 e. The van der Waals surface area contributed by atoms with E-state index in [4.69, 9.17) is 22.1 Å². The maximum absolute atomic E-state index is 13.0. The first kappa shape index (κ1) is 21.2. The molecule has 0 spiro atoms. The van der Waals surface area contributed by atoms with Crippen LogP contribution >= 0.6 is 22.9 Å². The monoisotopic (exact) mass is 482 g/mol. The number of nitrogens with two attached hydrogens (primary N) is 1.